The quantitative estimate of drug-likeness (QED) is 0.804. The molecule has 120 valence electrons. The van der Waals surface area contributed by atoms with Crippen molar-refractivity contribution >= 4 is 12.2 Å². The van der Waals surface area contributed by atoms with Crippen LogP contribution >= 0.6 is 0 Å². The molecule has 2 heterocycles. The van der Waals surface area contributed by atoms with Crippen molar-refractivity contribution in [1.82, 2.24) is 0 Å². The zero-order valence-corrected chi connectivity index (χ0v) is 13.8. The molecule has 0 amide bonds. The van der Waals surface area contributed by atoms with Crippen LogP contribution in [-0.4, -0.2) is 18.5 Å². The van der Waals surface area contributed by atoms with Crippen molar-refractivity contribution in [1.29, 1.82) is 0 Å². The first-order valence-electron chi connectivity index (χ1n) is 8.22. The zero-order chi connectivity index (χ0) is 16.1. The maximum absolute atomic E-state index is 5.84. The summed E-state index contributed by atoms with van der Waals surface area (Å²) in [5, 5.41) is 0. The lowest BCUT2D eigenvalue weighted by Gasteiger charge is -2.30. The third-order valence-corrected chi connectivity index (χ3v) is 3.98. The molecule has 1 saturated heterocycles. The molecule has 0 radical (unpaired) electrons. The van der Waals surface area contributed by atoms with Crippen molar-refractivity contribution in [2.24, 2.45) is 0 Å². The fraction of sp³-hybridized carbons (Fsp3) is 0.350. The number of nitrogens with zero attached hydrogens (tertiary/aromatic N) is 1. The Balaban J connectivity index is 1.60. The van der Waals surface area contributed by atoms with Gasteiger partial charge in [-0.15, -0.1) is 0 Å². The lowest BCUT2D eigenvalue weighted by Crippen LogP contribution is -2.46. The van der Waals surface area contributed by atoms with E-state index >= 15 is 0 Å². The number of ether oxygens (including phenoxy) is 2. The summed E-state index contributed by atoms with van der Waals surface area (Å²) in [5.41, 5.74) is 2.38. The van der Waals surface area contributed by atoms with Gasteiger partial charge in [0.1, 0.15) is 0 Å². The molecular weight excluding hydrogens is 286 g/mol. The van der Waals surface area contributed by atoms with E-state index in [0.29, 0.717) is 0 Å². The molecule has 2 atom stereocenters. The van der Waals surface area contributed by atoms with Crippen molar-refractivity contribution in [3.63, 3.8) is 0 Å². The second-order valence-electron chi connectivity index (χ2n) is 6.13. The van der Waals surface area contributed by atoms with Crippen molar-refractivity contribution in [2.45, 2.75) is 45.3 Å². The van der Waals surface area contributed by atoms with Gasteiger partial charge in [-0.2, -0.15) is 4.57 Å². The van der Waals surface area contributed by atoms with Crippen LogP contribution < -0.4 is 4.57 Å². The van der Waals surface area contributed by atoms with Crippen LogP contribution in [0, 0.1) is 0 Å². The summed E-state index contributed by atoms with van der Waals surface area (Å²) in [6.07, 6.45) is 9.71. The molecule has 2 unspecified atom stereocenters. The molecular formula is C20H24NO2+. The molecule has 1 aliphatic heterocycles. The SMILES string of the molecule is CC1CC(C)OC(C[n+]2ccc(/C=C/c3ccccc3)cc2)O1. The van der Waals surface area contributed by atoms with E-state index in [-0.39, 0.29) is 18.5 Å². The molecule has 1 aliphatic rings. The Morgan fingerprint density at radius 2 is 1.48 bits per heavy atom. The first-order chi connectivity index (χ1) is 11.2. The zero-order valence-electron chi connectivity index (χ0n) is 13.8. The van der Waals surface area contributed by atoms with Crippen LogP contribution in [0.2, 0.25) is 0 Å². The van der Waals surface area contributed by atoms with Gasteiger partial charge in [0.05, 0.1) is 12.2 Å². The predicted octanol–water partition coefficient (Wildman–Crippen LogP) is 3.68. The van der Waals surface area contributed by atoms with Crippen molar-refractivity contribution in [2.75, 3.05) is 0 Å². The van der Waals surface area contributed by atoms with Gasteiger partial charge in [-0.3, -0.25) is 0 Å². The van der Waals surface area contributed by atoms with E-state index in [0.717, 1.165) is 13.0 Å². The Kier molecular flexibility index (Phi) is 5.21. The third-order valence-electron chi connectivity index (χ3n) is 3.98. The number of hydrogen-bond donors (Lipinski definition) is 0. The van der Waals surface area contributed by atoms with Gasteiger partial charge >= 0.3 is 0 Å². The highest BCUT2D eigenvalue weighted by molar-refractivity contribution is 5.68. The summed E-state index contributed by atoms with van der Waals surface area (Å²) in [4.78, 5) is 0. The minimum absolute atomic E-state index is 0.163. The van der Waals surface area contributed by atoms with Crippen molar-refractivity contribution in [3.8, 4) is 0 Å². The summed E-state index contributed by atoms with van der Waals surface area (Å²) in [5.74, 6) is 0. The van der Waals surface area contributed by atoms with Gasteiger partial charge in [-0.05, 0) is 31.4 Å². The molecule has 0 bridgehead atoms. The number of hydrogen-bond acceptors (Lipinski definition) is 2. The number of pyridine rings is 1. The minimum atomic E-state index is -0.163. The molecule has 3 rings (SSSR count). The molecule has 1 aromatic heterocycles. The van der Waals surface area contributed by atoms with E-state index < -0.39 is 0 Å². The van der Waals surface area contributed by atoms with Crippen molar-refractivity contribution in [3.05, 3.63) is 66.0 Å². The fourth-order valence-electron chi connectivity index (χ4n) is 2.85. The van der Waals surface area contributed by atoms with E-state index in [4.69, 9.17) is 9.47 Å². The van der Waals surface area contributed by atoms with Gasteiger partial charge in [-0.25, -0.2) is 0 Å². The van der Waals surface area contributed by atoms with Gasteiger partial charge in [0.25, 0.3) is 0 Å². The molecule has 0 saturated carbocycles. The normalized spacial score (nSPS) is 24.9. The van der Waals surface area contributed by atoms with E-state index in [1.54, 1.807) is 0 Å². The molecule has 3 nitrogen and oxygen atoms in total. The van der Waals surface area contributed by atoms with Crippen LogP contribution in [0.25, 0.3) is 12.2 Å². The van der Waals surface area contributed by atoms with Crippen molar-refractivity contribution < 1.29 is 14.0 Å². The molecule has 1 aromatic carbocycles. The van der Waals surface area contributed by atoms with Gasteiger partial charge in [0.15, 0.2) is 18.9 Å². The van der Waals surface area contributed by atoms with E-state index in [2.05, 4.69) is 67.2 Å². The maximum atomic E-state index is 5.84. The largest absolute Gasteiger partial charge is 0.344 e. The third kappa shape index (κ3) is 4.75. The monoisotopic (exact) mass is 310 g/mol. The topological polar surface area (TPSA) is 22.3 Å². The van der Waals surface area contributed by atoms with Gasteiger partial charge in [0.2, 0.25) is 6.29 Å². The smallest absolute Gasteiger partial charge is 0.218 e. The minimum Gasteiger partial charge on any atom is -0.344 e. The molecule has 1 fully saturated rings. The average molecular weight is 310 g/mol. The van der Waals surface area contributed by atoms with E-state index in [1.165, 1.54) is 11.1 Å². The predicted molar refractivity (Wildman–Crippen MR) is 91.5 cm³/mol. The highest BCUT2D eigenvalue weighted by Crippen LogP contribution is 2.17. The Hall–Kier alpha value is -1.97. The number of rotatable bonds is 4. The average Bonchev–Trinajstić information content (AvgIpc) is 2.54. The fourth-order valence-corrected chi connectivity index (χ4v) is 2.85. The molecule has 3 heteroatoms. The second-order valence-corrected chi connectivity index (χ2v) is 6.13. The Bertz CT molecular complexity index is 626. The standard InChI is InChI=1S/C20H24NO2/c1-16-14-17(2)23-20(22-16)15-21-12-10-19(11-13-21)9-8-18-6-4-3-5-7-18/h3-13,16-17,20H,14-15H2,1-2H3/q+1/b9-8+. The summed E-state index contributed by atoms with van der Waals surface area (Å²) < 4.78 is 13.8. The summed E-state index contributed by atoms with van der Waals surface area (Å²) in [7, 11) is 0. The molecule has 0 spiro atoms. The second kappa shape index (κ2) is 7.53. The van der Waals surface area contributed by atoms with Crippen LogP contribution in [0.1, 0.15) is 31.4 Å². The first-order valence-corrected chi connectivity index (χ1v) is 8.22. The van der Waals surface area contributed by atoms with Gasteiger partial charge in [-0.1, -0.05) is 42.5 Å². The Morgan fingerprint density at radius 1 is 0.913 bits per heavy atom. The van der Waals surface area contributed by atoms with Crippen LogP contribution in [-0.2, 0) is 16.0 Å². The lowest BCUT2D eigenvalue weighted by molar-refractivity contribution is -0.712. The Morgan fingerprint density at radius 3 is 2.09 bits per heavy atom. The highest BCUT2D eigenvalue weighted by Gasteiger charge is 2.27. The number of aromatic nitrogens is 1. The first kappa shape index (κ1) is 15.9. The highest BCUT2D eigenvalue weighted by atomic mass is 16.7. The summed E-state index contributed by atoms with van der Waals surface area (Å²) in [6.45, 7) is 4.93. The summed E-state index contributed by atoms with van der Waals surface area (Å²) >= 11 is 0. The molecule has 0 aliphatic carbocycles. The number of benzene rings is 1. The summed E-state index contributed by atoms with van der Waals surface area (Å²) in [6, 6.07) is 14.5. The van der Waals surface area contributed by atoms with Crippen LogP contribution in [0.15, 0.2) is 54.9 Å². The molecule has 23 heavy (non-hydrogen) atoms. The van der Waals surface area contributed by atoms with E-state index in [1.807, 2.05) is 18.2 Å². The molecule has 0 N–H and O–H groups in total. The van der Waals surface area contributed by atoms with Gasteiger partial charge in [0, 0.05) is 12.1 Å². The van der Waals surface area contributed by atoms with E-state index in [9.17, 15) is 0 Å². The van der Waals surface area contributed by atoms with Gasteiger partial charge < -0.3 is 9.47 Å². The van der Waals surface area contributed by atoms with Crippen LogP contribution in [0.5, 0.6) is 0 Å². The molecule has 2 aromatic rings. The maximum Gasteiger partial charge on any atom is 0.218 e. The Labute approximate surface area is 138 Å². The lowest BCUT2D eigenvalue weighted by atomic mass is 10.1. The van der Waals surface area contributed by atoms with Crippen LogP contribution in [0.4, 0.5) is 0 Å². The van der Waals surface area contributed by atoms with Crippen LogP contribution in [0.3, 0.4) is 0 Å².